The Morgan fingerprint density at radius 2 is 1.93 bits per heavy atom. The zero-order valence-corrected chi connectivity index (χ0v) is 23.4. The predicted octanol–water partition coefficient (Wildman–Crippen LogP) is 5.54. The summed E-state index contributed by atoms with van der Waals surface area (Å²) in [5.41, 5.74) is 3.94. The molecule has 8 nitrogen and oxygen atoms in total. The summed E-state index contributed by atoms with van der Waals surface area (Å²) in [4.78, 5) is 19.8. The van der Waals surface area contributed by atoms with E-state index in [1.807, 2.05) is 31.3 Å². The first-order valence-electron chi connectivity index (χ1n) is 13.4. The molecule has 0 bridgehead atoms. The summed E-state index contributed by atoms with van der Waals surface area (Å²) in [5.74, 6) is 2.95. The van der Waals surface area contributed by atoms with Crippen LogP contribution in [0.3, 0.4) is 0 Å². The molecule has 0 atom stereocenters. The zero-order chi connectivity index (χ0) is 28.9. The number of aromatic amines is 1. The van der Waals surface area contributed by atoms with E-state index in [4.69, 9.17) is 11.2 Å². The fraction of sp³-hybridized carbons (Fsp3) is 0.258. The molecule has 3 heterocycles. The molecule has 6 rings (SSSR count). The number of unbranched alkanes of at least 4 members (excludes halogenated alkanes) is 1. The van der Waals surface area contributed by atoms with E-state index in [0.717, 1.165) is 36.8 Å². The van der Waals surface area contributed by atoms with Gasteiger partial charge in [-0.05, 0) is 55.4 Å². The molecule has 1 aliphatic heterocycles. The number of ether oxygens (including phenoxy) is 1. The average Bonchev–Trinajstić information content (AvgIpc) is 3.30. The van der Waals surface area contributed by atoms with Crippen molar-refractivity contribution in [3.05, 3.63) is 70.4 Å². The molecule has 1 aliphatic rings. The average molecular weight is 574 g/mol. The van der Waals surface area contributed by atoms with Crippen molar-refractivity contribution in [2.24, 2.45) is 0 Å². The summed E-state index contributed by atoms with van der Waals surface area (Å²) in [6, 6.07) is 15.4. The van der Waals surface area contributed by atoms with Crippen LogP contribution in [0.5, 0.6) is 11.5 Å². The van der Waals surface area contributed by atoms with Gasteiger partial charge in [0.25, 0.3) is 0 Å². The van der Waals surface area contributed by atoms with Crippen LogP contribution < -0.4 is 14.3 Å². The van der Waals surface area contributed by atoms with Gasteiger partial charge in [-0.25, -0.2) is 0 Å². The number of H-pyrrole nitrogens is 1. The first-order chi connectivity index (χ1) is 19.7. The number of terminal acetylenes is 1. The number of fused-ring (bicyclic) bond motifs is 4. The van der Waals surface area contributed by atoms with Crippen LogP contribution in [0.2, 0.25) is 0 Å². The van der Waals surface area contributed by atoms with Crippen molar-refractivity contribution in [1.82, 2.24) is 14.5 Å². The van der Waals surface area contributed by atoms with Crippen LogP contribution in [0.1, 0.15) is 31.4 Å². The number of hydrogen-bond donors (Lipinski definition) is 1. The van der Waals surface area contributed by atoms with Gasteiger partial charge in [-0.3, -0.25) is 4.79 Å². The number of rotatable bonds is 8. The van der Waals surface area contributed by atoms with Gasteiger partial charge in [0.2, 0.25) is 0 Å². The minimum Gasteiger partial charge on any atom is -0.493 e. The molecule has 5 aromatic rings. The Morgan fingerprint density at radius 3 is 2.63 bits per heavy atom. The SMILES string of the molecule is C#Cc1ccc2c(c1)[nH]c1c2c(=O)c2cc(OCCCC)c(-c3cccc(OS(=O)(=O)F)c3)cc2n1C1CN(C)C1. The molecule has 1 fully saturated rings. The molecule has 0 saturated carbocycles. The number of likely N-dealkylation sites (tertiary alicyclic amines) is 1. The van der Waals surface area contributed by atoms with E-state index in [9.17, 15) is 17.1 Å². The lowest BCUT2D eigenvalue weighted by atomic mass is 9.99. The van der Waals surface area contributed by atoms with Crippen LogP contribution >= 0.6 is 0 Å². The van der Waals surface area contributed by atoms with Gasteiger partial charge < -0.3 is 23.4 Å². The van der Waals surface area contributed by atoms with E-state index < -0.39 is 10.5 Å². The predicted molar refractivity (Wildman–Crippen MR) is 159 cm³/mol. The molecule has 0 radical (unpaired) electrons. The highest BCUT2D eigenvalue weighted by molar-refractivity contribution is 7.81. The van der Waals surface area contributed by atoms with Gasteiger partial charge in [0.05, 0.1) is 28.9 Å². The minimum atomic E-state index is -5.20. The Bertz CT molecular complexity index is 2040. The standard InChI is InChI=1S/C31H28FN3O5S/c1-4-6-12-39-28-16-25-27(15-24(28)20-8-7-9-22(14-20)40-41(32,37)38)35(21-17-34(3)18-21)31-29(30(25)36)23-11-10-19(5-2)13-26(23)33-31/h2,7-11,13-16,21,33H,4,6,12,17-18H2,1,3H3. The molecule has 3 aromatic carbocycles. The molecule has 0 spiro atoms. The third kappa shape index (κ3) is 4.92. The number of likely N-dealkylation sites (N-methyl/N-ethyl adjacent to an activating group) is 1. The number of pyridine rings is 1. The second-order valence-electron chi connectivity index (χ2n) is 10.4. The summed E-state index contributed by atoms with van der Waals surface area (Å²) in [6.45, 7) is 4.06. The molecular formula is C31H28FN3O5S. The normalized spacial score (nSPS) is 14.4. The number of hydrogen-bond acceptors (Lipinski definition) is 6. The lowest BCUT2D eigenvalue weighted by Gasteiger charge is -2.39. The first-order valence-corrected chi connectivity index (χ1v) is 14.7. The van der Waals surface area contributed by atoms with Gasteiger partial charge in [0.15, 0.2) is 5.43 Å². The van der Waals surface area contributed by atoms with Gasteiger partial charge >= 0.3 is 10.5 Å². The molecule has 1 saturated heterocycles. The number of aromatic nitrogens is 2. The molecule has 41 heavy (non-hydrogen) atoms. The largest absolute Gasteiger partial charge is 0.493 e. The van der Waals surface area contributed by atoms with Gasteiger partial charge in [-0.2, -0.15) is 8.42 Å². The molecular weight excluding hydrogens is 545 g/mol. The van der Waals surface area contributed by atoms with Crippen LogP contribution in [0.4, 0.5) is 3.89 Å². The van der Waals surface area contributed by atoms with E-state index >= 15 is 0 Å². The smallest absolute Gasteiger partial charge is 0.488 e. The molecule has 0 aliphatic carbocycles. The van der Waals surface area contributed by atoms with Crippen molar-refractivity contribution in [2.45, 2.75) is 25.8 Å². The van der Waals surface area contributed by atoms with Crippen molar-refractivity contribution in [3.8, 4) is 35.0 Å². The number of nitrogens with zero attached hydrogens (tertiary/aromatic N) is 2. The minimum absolute atomic E-state index is 0.0943. The second-order valence-corrected chi connectivity index (χ2v) is 11.4. The van der Waals surface area contributed by atoms with Gasteiger partial charge in [0, 0.05) is 35.1 Å². The molecule has 1 N–H and O–H groups in total. The van der Waals surface area contributed by atoms with Crippen LogP contribution in [0.15, 0.2) is 59.4 Å². The molecule has 10 heteroatoms. The Hall–Kier alpha value is -4.33. The molecule has 2 aromatic heterocycles. The fourth-order valence-electron chi connectivity index (χ4n) is 5.60. The molecule has 0 amide bonds. The maximum absolute atomic E-state index is 14.1. The third-order valence-corrected chi connectivity index (χ3v) is 7.91. The van der Waals surface area contributed by atoms with Crippen LogP contribution in [-0.4, -0.2) is 49.6 Å². The Balaban J connectivity index is 1.66. The lowest BCUT2D eigenvalue weighted by molar-refractivity contribution is 0.146. The monoisotopic (exact) mass is 573 g/mol. The van der Waals surface area contributed by atoms with Gasteiger partial charge in [0.1, 0.15) is 17.1 Å². The van der Waals surface area contributed by atoms with E-state index in [-0.39, 0.29) is 17.2 Å². The summed E-state index contributed by atoms with van der Waals surface area (Å²) in [7, 11) is -3.16. The Kier molecular flexibility index (Phi) is 6.72. The summed E-state index contributed by atoms with van der Waals surface area (Å²) >= 11 is 0. The number of nitrogens with one attached hydrogen (secondary N) is 1. The van der Waals surface area contributed by atoms with Crippen molar-refractivity contribution < 1.29 is 21.2 Å². The fourth-order valence-corrected chi connectivity index (χ4v) is 5.93. The van der Waals surface area contributed by atoms with Crippen molar-refractivity contribution in [1.29, 1.82) is 0 Å². The van der Waals surface area contributed by atoms with Crippen LogP contribution in [0, 0.1) is 12.3 Å². The van der Waals surface area contributed by atoms with Gasteiger partial charge in [-0.1, -0.05) is 41.3 Å². The number of benzene rings is 3. The van der Waals surface area contributed by atoms with Crippen LogP contribution in [0.25, 0.3) is 44.0 Å². The first kappa shape index (κ1) is 26.9. The maximum atomic E-state index is 14.1. The highest BCUT2D eigenvalue weighted by atomic mass is 32.3. The highest BCUT2D eigenvalue weighted by Crippen LogP contribution is 2.39. The van der Waals surface area contributed by atoms with Gasteiger partial charge in [-0.15, -0.1) is 6.42 Å². The summed E-state index contributed by atoms with van der Waals surface area (Å²) in [6.07, 6.45) is 7.36. The van der Waals surface area contributed by atoms with Crippen LogP contribution in [-0.2, 0) is 10.5 Å². The van der Waals surface area contributed by atoms with E-state index in [0.29, 0.717) is 51.0 Å². The number of halogens is 1. The van der Waals surface area contributed by atoms with Crippen molar-refractivity contribution >= 4 is 43.3 Å². The Morgan fingerprint density at radius 1 is 1.12 bits per heavy atom. The zero-order valence-electron chi connectivity index (χ0n) is 22.6. The quantitative estimate of drug-likeness (QED) is 0.149. The maximum Gasteiger partial charge on any atom is 0.488 e. The van der Waals surface area contributed by atoms with Crippen molar-refractivity contribution in [2.75, 3.05) is 26.7 Å². The van der Waals surface area contributed by atoms with Crippen molar-refractivity contribution in [3.63, 3.8) is 0 Å². The second kappa shape index (κ2) is 10.3. The van der Waals surface area contributed by atoms with E-state index in [2.05, 4.69) is 31.5 Å². The third-order valence-electron chi connectivity index (χ3n) is 7.52. The summed E-state index contributed by atoms with van der Waals surface area (Å²) in [5, 5.41) is 1.88. The van der Waals surface area contributed by atoms with E-state index in [1.165, 1.54) is 12.1 Å². The molecule has 0 unspecified atom stereocenters. The summed E-state index contributed by atoms with van der Waals surface area (Å²) < 4.78 is 48.5. The lowest BCUT2D eigenvalue weighted by Crippen LogP contribution is -2.45. The Labute approximate surface area is 236 Å². The topological polar surface area (TPSA) is 93.6 Å². The van der Waals surface area contributed by atoms with E-state index in [1.54, 1.807) is 18.2 Å². The highest BCUT2D eigenvalue weighted by Gasteiger charge is 2.30. The molecule has 210 valence electrons.